The topological polar surface area (TPSA) is 122 Å². The number of hydrogen-bond donors (Lipinski definition) is 1. The lowest BCUT2D eigenvalue weighted by molar-refractivity contribution is -0.137. The summed E-state index contributed by atoms with van der Waals surface area (Å²) in [6.07, 6.45) is 3.45. The van der Waals surface area contributed by atoms with Crippen molar-refractivity contribution in [2.45, 2.75) is 70.0 Å². The predicted octanol–water partition coefficient (Wildman–Crippen LogP) is 4.24. The zero-order valence-corrected chi connectivity index (χ0v) is 24.3. The highest BCUT2D eigenvalue weighted by atomic mass is 32.2. The van der Waals surface area contributed by atoms with Gasteiger partial charge in [-0.3, -0.25) is 4.79 Å². The van der Waals surface area contributed by atoms with Crippen molar-refractivity contribution in [3.8, 4) is 0 Å². The van der Waals surface area contributed by atoms with E-state index in [1.54, 1.807) is 22.6 Å². The molecule has 0 spiro atoms. The Bertz CT molecular complexity index is 1750. The Morgan fingerprint density at radius 2 is 2.00 bits per heavy atom. The Labute approximate surface area is 239 Å². The summed E-state index contributed by atoms with van der Waals surface area (Å²) < 4.78 is 31.2. The van der Waals surface area contributed by atoms with Crippen molar-refractivity contribution in [2.24, 2.45) is 0 Å². The van der Waals surface area contributed by atoms with Gasteiger partial charge >= 0.3 is 5.97 Å². The average Bonchev–Trinajstić information content (AvgIpc) is 3.58. The van der Waals surface area contributed by atoms with Crippen molar-refractivity contribution in [2.75, 3.05) is 18.0 Å². The molecule has 6 rings (SSSR count). The number of rotatable bonds is 7. The van der Waals surface area contributed by atoms with Crippen molar-refractivity contribution >= 4 is 32.8 Å². The van der Waals surface area contributed by atoms with Crippen LogP contribution in [0, 0.1) is 13.8 Å². The third-order valence-electron chi connectivity index (χ3n) is 8.59. The monoisotopic (exact) mass is 574 g/mol. The van der Waals surface area contributed by atoms with Crippen LogP contribution in [0.5, 0.6) is 0 Å². The second kappa shape index (κ2) is 10.5. The van der Waals surface area contributed by atoms with Crippen LogP contribution in [0.2, 0.25) is 0 Å². The van der Waals surface area contributed by atoms with E-state index in [1.807, 2.05) is 55.8 Å². The first-order valence-corrected chi connectivity index (χ1v) is 15.5. The highest BCUT2D eigenvalue weighted by Crippen LogP contribution is 2.38. The lowest BCUT2D eigenvalue weighted by Crippen LogP contribution is -2.39. The SMILES string of the molecule is CCn1nnc2c(C)c([C@H](CC(=O)O)c3ccc(C)c(CN4C[C@@H]5CCCN5c5ncccc5S4(=O)=O)c3)ccc21. The molecule has 214 valence electrons. The van der Waals surface area contributed by atoms with Gasteiger partial charge in [0, 0.05) is 44.3 Å². The highest BCUT2D eigenvalue weighted by molar-refractivity contribution is 7.89. The van der Waals surface area contributed by atoms with Crippen LogP contribution in [0.1, 0.15) is 59.9 Å². The zero-order valence-electron chi connectivity index (χ0n) is 23.5. The minimum atomic E-state index is -3.79. The van der Waals surface area contributed by atoms with Crippen molar-refractivity contribution in [1.29, 1.82) is 0 Å². The number of carbonyl (C=O) groups is 1. The normalized spacial score (nSPS) is 19.1. The number of benzene rings is 2. The lowest BCUT2D eigenvalue weighted by Gasteiger charge is -2.26. The number of anilines is 1. The summed E-state index contributed by atoms with van der Waals surface area (Å²) in [6, 6.07) is 13.2. The van der Waals surface area contributed by atoms with Gasteiger partial charge in [-0.2, -0.15) is 4.31 Å². The van der Waals surface area contributed by atoms with Crippen molar-refractivity contribution in [3.05, 3.63) is 76.5 Å². The Kier molecular flexibility index (Phi) is 7.03. The lowest BCUT2D eigenvalue weighted by atomic mass is 9.84. The number of hydrogen-bond acceptors (Lipinski definition) is 7. The van der Waals surface area contributed by atoms with Crippen LogP contribution in [0.15, 0.2) is 53.6 Å². The molecule has 1 fully saturated rings. The Balaban J connectivity index is 1.40. The zero-order chi connectivity index (χ0) is 28.9. The molecular weight excluding hydrogens is 540 g/mol. The first-order valence-electron chi connectivity index (χ1n) is 14.0. The molecule has 1 N–H and O–H groups in total. The van der Waals surface area contributed by atoms with E-state index >= 15 is 0 Å². The number of aliphatic carboxylic acids is 1. The van der Waals surface area contributed by atoms with Gasteiger partial charge in [-0.15, -0.1) is 5.10 Å². The minimum absolute atomic E-state index is 0.0649. The molecule has 0 aliphatic carbocycles. The number of nitrogens with zero attached hydrogens (tertiary/aromatic N) is 6. The number of fused-ring (bicyclic) bond motifs is 4. The van der Waals surface area contributed by atoms with E-state index in [9.17, 15) is 18.3 Å². The number of aromatic nitrogens is 4. The fraction of sp³-hybridized carbons (Fsp3) is 0.400. The van der Waals surface area contributed by atoms with E-state index in [2.05, 4.69) is 20.2 Å². The van der Waals surface area contributed by atoms with Crippen LogP contribution >= 0.6 is 0 Å². The van der Waals surface area contributed by atoms with Gasteiger partial charge in [-0.1, -0.05) is 29.5 Å². The Morgan fingerprint density at radius 1 is 1.17 bits per heavy atom. The molecule has 4 heterocycles. The maximum absolute atomic E-state index is 13.9. The summed E-state index contributed by atoms with van der Waals surface area (Å²) in [5.41, 5.74) is 6.09. The number of aryl methyl sites for hydroxylation is 3. The van der Waals surface area contributed by atoms with Crippen LogP contribution in [0.4, 0.5) is 5.82 Å². The first-order chi connectivity index (χ1) is 19.7. The van der Waals surface area contributed by atoms with Crippen LogP contribution in [0.3, 0.4) is 0 Å². The fourth-order valence-corrected chi connectivity index (χ4v) is 7.98. The van der Waals surface area contributed by atoms with Gasteiger partial charge < -0.3 is 10.0 Å². The second-order valence-corrected chi connectivity index (χ2v) is 12.9. The van der Waals surface area contributed by atoms with Gasteiger partial charge in [0.25, 0.3) is 0 Å². The van der Waals surface area contributed by atoms with Crippen LogP contribution in [-0.2, 0) is 27.9 Å². The Hall–Kier alpha value is -3.83. The van der Waals surface area contributed by atoms with Gasteiger partial charge in [-0.25, -0.2) is 18.1 Å². The van der Waals surface area contributed by atoms with Crippen molar-refractivity contribution in [3.63, 3.8) is 0 Å². The molecule has 2 aliphatic rings. The first kappa shape index (κ1) is 27.3. The highest BCUT2D eigenvalue weighted by Gasteiger charge is 2.40. The standard InChI is InChI=1S/C30H34N6O4S/c1-4-36-26-12-11-24(20(3)29(26)32-33-36)25(16-28(37)38)21-10-9-19(2)22(15-21)17-34-18-23-7-6-14-35(23)30-27(41(34,39)40)8-5-13-31-30/h5,8-13,15,23,25H,4,6-7,14,16-18H2,1-3H3,(H,37,38)/t23-,25+/m0/s1. The van der Waals surface area contributed by atoms with E-state index in [-0.39, 0.29) is 23.9 Å². The van der Waals surface area contributed by atoms with Crippen LogP contribution in [-0.4, -0.2) is 62.9 Å². The molecule has 0 unspecified atom stereocenters. The van der Waals surface area contributed by atoms with Crippen molar-refractivity contribution in [1.82, 2.24) is 24.3 Å². The van der Waals surface area contributed by atoms with E-state index in [0.717, 1.165) is 58.2 Å². The molecule has 0 bridgehead atoms. The smallest absolute Gasteiger partial charge is 0.304 e. The van der Waals surface area contributed by atoms with E-state index in [1.165, 1.54) is 0 Å². The van der Waals surface area contributed by atoms with Crippen LogP contribution in [0.25, 0.3) is 11.0 Å². The Morgan fingerprint density at radius 3 is 2.78 bits per heavy atom. The second-order valence-electron chi connectivity index (χ2n) is 11.0. The maximum atomic E-state index is 13.9. The molecule has 0 amide bonds. The minimum Gasteiger partial charge on any atom is -0.481 e. The summed E-state index contributed by atoms with van der Waals surface area (Å²) in [7, 11) is -3.79. The van der Waals surface area contributed by atoms with Gasteiger partial charge in [0.15, 0.2) is 0 Å². The van der Waals surface area contributed by atoms with Gasteiger partial charge in [-0.05, 0) is 79.6 Å². The molecule has 41 heavy (non-hydrogen) atoms. The van der Waals surface area contributed by atoms with E-state index in [0.29, 0.717) is 18.9 Å². The van der Waals surface area contributed by atoms with Gasteiger partial charge in [0.1, 0.15) is 16.2 Å². The molecule has 10 nitrogen and oxygen atoms in total. The number of carboxylic acid groups (broad SMARTS) is 1. The number of sulfonamides is 1. The largest absolute Gasteiger partial charge is 0.481 e. The summed E-state index contributed by atoms with van der Waals surface area (Å²) in [5, 5.41) is 18.5. The molecule has 0 saturated carbocycles. The molecule has 1 saturated heterocycles. The molecule has 2 atom stereocenters. The van der Waals surface area contributed by atoms with Gasteiger partial charge in [0.05, 0.1) is 11.9 Å². The maximum Gasteiger partial charge on any atom is 0.304 e. The average molecular weight is 575 g/mol. The van der Waals surface area contributed by atoms with Crippen molar-refractivity contribution < 1.29 is 18.3 Å². The van der Waals surface area contributed by atoms with Gasteiger partial charge in [0.2, 0.25) is 10.0 Å². The summed E-state index contributed by atoms with van der Waals surface area (Å²) in [4.78, 5) is 18.9. The summed E-state index contributed by atoms with van der Waals surface area (Å²) in [6.45, 7) is 7.98. The third kappa shape index (κ3) is 4.76. The molecule has 0 radical (unpaired) electrons. The molecule has 2 aromatic carbocycles. The quantitative estimate of drug-likeness (QED) is 0.348. The number of pyridine rings is 1. The summed E-state index contributed by atoms with van der Waals surface area (Å²) in [5.74, 6) is -0.802. The number of carboxylic acids is 1. The third-order valence-corrected chi connectivity index (χ3v) is 10.4. The van der Waals surface area contributed by atoms with Crippen LogP contribution < -0.4 is 4.90 Å². The molecule has 4 aromatic rings. The predicted molar refractivity (Wildman–Crippen MR) is 155 cm³/mol. The van der Waals surface area contributed by atoms with E-state index < -0.39 is 21.9 Å². The fourth-order valence-electron chi connectivity index (χ4n) is 6.37. The molecule has 2 aromatic heterocycles. The molecule has 2 aliphatic heterocycles. The molecular formula is C30H34N6O4S. The van der Waals surface area contributed by atoms with E-state index in [4.69, 9.17) is 0 Å². The molecule has 11 heteroatoms. The summed E-state index contributed by atoms with van der Waals surface area (Å²) >= 11 is 0.